The second kappa shape index (κ2) is 6.71. The Hall–Kier alpha value is -0.940. The maximum absolute atomic E-state index is 13.0. The molecule has 0 bridgehead atoms. The van der Waals surface area contributed by atoms with Gasteiger partial charge in [-0.2, -0.15) is 0 Å². The normalized spacial score (nSPS) is 12.2. The van der Waals surface area contributed by atoms with Crippen LogP contribution in [0.2, 0.25) is 0 Å². The monoisotopic (exact) mass is 303 g/mol. The fraction of sp³-hybridized carbons (Fsp3) is 0.417. The van der Waals surface area contributed by atoms with E-state index >= 15 is 0 Å². The van der Waals surface area contributed by atoms with Crippen molar-refractivity contribution in [3.05, 3.63) is 34.1 Å². The highest BCUT2D eigenvalue weighted by Crippen LogP contribution is 2.18. The van der Waals surface area contributed by atoms with Crippen LogP contribution in [-0.2, 0) is 11.2 Å². The first-order chi connectivity index (χ1) is 8.02. The molecule has 0 saturated carbocycles. The van der Waals surface area contributed by atoms with Gasteiger partial charge in [0.1, 0.15) is 5.82 Å². The van der Waals surface area contributed by atoms with Crippen LogP contribution in [0.4, 0.5) is 4.39 Å². The third kappa shape index (κ3) is 4.83. The molecule has 17 heavy (non-hydrogen) atoms. The van der Waals surface area contributed by atoms with Crippen molar-refractivity contribution in [1.82, 2.24) is 5.32 Å². The van der Waals surface area contributed by atoms with Gasteiger partial charge in [-0.3, -0.25) is 4.79 Å². The van der Waals surface area contributed by atoms with Gasteiger partial charge in [0, 0.05) is 26.0 Å². The van der Waals surface area contributed by atoms with Crippen LogP contribution >= 0.6 is 15.9 Å². The van der Waals surface area contributed by atoms with Crippen LogP contribution in [0.3, 0.4) is 0 Å². The van der Waals surface area contributed by atoms with E-state index in [9.17, 15) is 14.3 Å². The third-order valence-corrected chi connectivity index (χ3v) is 3.01. The Morgan fingerprint density at radius 2 is 2.29 bits per heavy atom. The Bertz CT molecular complexity index is 398. The Labute approximate surface area is 108 Å². The molecule has 0 saturated heterocycles. The molecular weight excluding hydrogens is 289 g/mol. The average Bonchev–Trinajstić information content (AvgIpc) is 2.28. The first-order valence-electron chi connectivity index (χ1n) is 5.32. The molecular formula is C12H15BrFNO2. The molecule has 0 radical (unpaired) electrons. The number of nitrogens with one attached hydrogen (secondary N) is 1. The zero-order valence-electron chi connectivity index (χ0n) is 9.54. The van der Waals surface area contributed by atoms with E-state index in [-0.39, 0.29) is 24.2 Å². The molecule has 0 spiro atoms. The number of hydrogen-bond acceptors (Lipinski definition) is 2. The Balaban J connectivity index is 2.60. The molecule has 0 aliphatic rings. The highest BCUT2D eigenvalue weighted by molar-refractivity contribution is 9.10. The van der Waals surface area contributed by atoms with Crippen LogP contribution in [0.25, 0.3) is 0 Å². The minimum Gasteiger partial charge on any atom is -0.396 e. The van der Waals surface area contributed by atoms with Crippen LogP contribution < -0.4 is 5.32 Å². The maximum Gasteiger partial charge on any atom is 0.216 e. The third-order valence-electron chi connectivity index (χ3n) is 2.41. The molecule has 2 N–H and O–H groups in total. The number of amides is 1. The predicted octanol–water partition coefficient (Wildman–Crippen LogP) is 1.88. The minimum atomic E-state index is -0.309. The van der Waals surface area contributed by atoms with Crippen LogP contribution in [0, 0.1) is 11.7 Å². The van der Waals surface area contributed by atoms with Gasteiger partial charge < -0.3 is 10.4 Å². The number of hydrogen-bond donors (Lipinski definition) is 2. The number of rotatable bonds is 5. The van der Waals surface area contributed by atoms with E-state index in [2.05, 4.69) is 21.2 Å². The quantitative estimate of drug-likeness (QED) is 0.872. The van der Waals surface area contributed by atoms with Gasteiger partial charge in [0.25, 0.3) is 0 Å². The molecule has 0 aliphatic heterocycles. The van der Waals surface area contributed by atoms with Crippen molar-refractivity contribution >= 4 is 21.8 Å². The van der Waals surface area contributed by atoms with Crippen LogP contribution in [0.1, 0.15) is 12.5 Å². The average molecular weight is 304 g/mol. The van der Waals surface area contributed by atoms with E-state index in [1.165, 1.54) is 13.0 Å². The van der Waals surface area contributed by atoms with E-state index in [4.69, 9.17) is 0 Å². The van der Waals surface area contributed by atoms with Crippen molar-refractivity contribution in [2.45, 2.75) is 13.3 Å². The predicted molar refractivity (Wildman–Crippen MR) is 67.1 cm³/mol. The fourth-order valence-electron chi connectivity index (χ4n) is 1.49. The lowest BCUT2D eigenvalue weighted by Gasteiger charge is -2.14. The number of aliphatic hydroxyl groups is 1. The Kier molecular flexibility index (Phi) is 5.58. The molecule has 0 aromatic heterocycles. The summed E-state index contributed by atoms with van der Waals surface area (Å²) in [7, 11) is 0. The maximum atomic E-state index is 13.0. The van der Waals surface area contributed by atoms with Gasteiger partial charge in [-0.15, -0.1) is 0 Å². The second-order valence-corrected chi connectivity index (χ2v) is 4.79. The SMILES string of the molecule is CC(=O)NCC(CO)Cc1ccc(F)c(Br)c1. The van der Waals surface area contributed by atoms with Crippen LogP contribution in [0.5, 0.6) is 0 Å². The van der Waals surface area contributed by atoms with Gasteiger partial charge in [-0.25, -0.2) is 4.39 Å². The molecule has 1 aromatic carbocycles. The summed E-state index contributed by atoms with van der Waals surface area (Å²) in [5.74, 6) is -0.490. The van der Waals surface area contributed by atoms with Gasteiger partial charge in [-0.05, 0) is 40.0 Å². The lowest BCUT2D eigenvalue weighted by molar-refractivity contribution is -0.119. The minimum absolute atomic E-state index is 0.0186. The standard InChI is InChI=1S/C12H15BrFNO2/c1-8(17)15-6-10(7-16)4-9-2-3-12(14)11(13)5-9/h2-3,5,10,16H,4,6-7H2,1H3,(H,15,17). The van der Waals surface area contributed by atoms with Crippen molar-refractivity contribution in [3.63, 3.8) is 0 Å². The Morgan fingerprint density at radius 1 is 1.59 bits per heavy atom. The van der Waals surface area contributed by atoms with Gasteiger partial charge in [0.15, 0.2) is 0 Å². The molecule has 0 fully saturated rings. The van der Waals surface area contributed by atoms with Gasteiger partial charge in [0.2, 0.25) is 5.91 Å². The van der Waals surface area contributed by atoms with Crippen molar-refractivity contribution in [2.24, 2.45) is 5.92 Å². The number of aliphatic hydroxyl groups excluding tert-OH is 1. The first-order valence-corrected chi connectivity index (χ1v) is 6.11. The van der Waals surface area contributed by atoms with Crippen LogP contribution in [0.15, 0.2) is 22.7 Å². The lowest BCUT2D eigenvalue weighted by atomic mass is 10.00. The highest BCUT2D eigenvalue weighted by Gasteiger charge is 2.10. The van der Waals surface area contributed by atoms with Gasteiger partial charge in [0.05, 0.1) is 4.47 Å². The molecule has 1 atom stereocenters. The first kappa shape index (κ1) is 14.1. The highest BCUT2D eigenvalue weighted by atomic mass is 79.9. The summed E-state index contributed by atoms with van der Waals surface area (Å²) in [6.07, 6.45) is 0.593. The molecule has 3 nitrogen and oxygen atoms in total. The summed E-state index contributed by atoms with van der Waals surface area (Å²) >= 11 is 3.11. The van der Waals surface area contributed by atoms with E-state index < -0.39 is 0 Å². The van der Waals surface area contributed by atoms with Gasteiger partial charge in [-0.1, -0.05) is 6.07 Å². The van der Waals surface area contributed by atoms with Crippen molar-refractivity contribution in [2.75, 3.05) is 13.2 Å². The van der Waals surface area contributed by atoms with E-state index in [1.807, 2.05) is 0 Å². The summed E-state index contributed by atoms with van der Waals surface area (Å²) in [5.41, 5.74) is 0.919. The van der Waals surface area contributed by atoms with Gasteiger partial charge >= 0.3 is 0 Å². The zero-order valence-corrected chi connectivity index (χ0v) is 11.1. The molecule has 1 aromatic rings. The summed E-state index contributed by atoms with van der Waals surface area (Å²) in [6, 6.07) is 4.74. The number of benzene rings is 1. The van der Waals surface area contributed by atoms with E-state index in [0.717, 1.165) is 5.56 Å². The van der Waals surface area contributed by atoms with E-state index in [0.29, 0.717) is 17.4 Å². The summed E-state index contributed by atoms with van der Waals surface area (Å²) in [4.78, 5) is 10.8. The van der Waals surface area contributed by atoms with E-state index in [1.54, 1.807) is 12.1 Å². The number of carbonyl (C=O) groups excluding carboxylic acids is 1. The number of carbonyl (C=O) groups is 1. The smallest absolute Gasteiger partial charge is 0.216 e. The lowest BCUT2D eigenvalue weighted by Crippen LogP contribution is -2.30. The molecule has 1 rings (SSSR count). The molecule has 94 valence electrons. The second-order valence-electron chi connectivity index (χ2n) is 3.94. The van der Waals surface area contributed by atoms with Crippen molar-refractivity contribution < 1.29 is 14.3 Å². The van der Waals surface area contributed by atoms with Crippen molar-refractivity contribution in [3.8, 4) is 0 Å². The topological polar surface area (TPSA) is 49.3 Å². The molecule has 1 unspecified atom stereocenters. The van der Waals surface area contributed by atoms with Crippen LogP contribution in [-0.4, -0.2) is 24.2 Å². The summed E-state index contributed by atoms with van der Waals surface area (Å²) in [5, 5.41) is 11.8. The molecule has 1 amide bonds. The molecule has 0 aliphatic carbocycles. The van der Waals surface area contributed by atoms with Crippen molar-refractivity contribution in [1.29, 1.82) is 0 Å². The zero-order chi connectivity index (χ0) is 12.8. The molecule has 5 heteroatoms. The molecule has 0 heterocycles. The Morgan fingerprint density at radius 3 is 2.82 bits per heavy atom. The number of halogens is 2. The fourth-order valence-corrected chi connectivity index (χ4v) is 1.92. The summed E-state index contributed by atoms with van der Waals surface area (Å²) in [6.45, 7) is 1.83. The summed E-state index contributed by atoms with van der Waals surface area (Å²) < 4.78 is 13.4. The largest absolute Gasteiger partial charge is 0.396 e.